The van der Waals surface area contributed by atoms with Crippen molar-refractivity contribution in [1.82, 2.24) is 10.6 Å². The normalized spacial score (nSPS) is 11.2. The summed E-state index contributed by atoms with van der Waals surface area (Å²) in [7, 11) is -2.97. The van der Waals surface area contributed by atoms with Crippen LogP contribution in [-0.4, -0.2) is 39.4 Å². The van der Waals surface area contributed by atoms with E-state index in [0.717, 1.165) is 5.56 Å². The molecule has 0 saturated heterocycles. The van der Waals surface area contributed by atoms with Crippen molar-refractivity contribution in [2.24, 2.45) is 0 Å². The predicted molar refractivity (Wildman–Crippen MR) is 70.9 cm³/mol. The van der Waals surface area contributed by atoms with Crippen molar-refractivity contribution < 1.29 is 13.2 Å². The summed E-state index contributed by atoms with van der Waals surface area (Å²) in [5.41, 5.74) is 1.03. The fraction of sp³-hybridized carbons (Fsp3) is 0.417. The number of benzene rings is 1. The molecule has 0 unspecified atom stereocenters. The largest absolute Gasteiger partial charge is 0.351 e. The number of hydrogen-bond acceptors (Lipinski definition) is 4. The van der Waals surface area contributed by atoms with E-state index in [9.17, 15) is 13.2 Å². The number of hydrogen-bond donors (Lipinski definition) is 2. The van der Waals surface area contributed by atoms with Gasteiger partial charge in [0.15, 0.2) is 0 Å². The Morgan fingerprint density at radius 2 is 1.89 bits per heavy atom. The van der Waals surface area contributed by atoms with Gasteiger partial charge in [-0.05, 0) is 5.56 Å². The highest BCUT2D eigenvalue weighted by Gasteiger charge is 2.03. The van der Waals surface area contributed by atoms with Gasteiger partial charge in [-0.2, -0.15) is 0 Å². The quantitative estimate of drug-likeness (QED) is 0.681. The zero-order valence-electron chi connectivity index (χ0n) is 10.3. The van der Waals surface area contributed by atoms with Crippen molar-refractivity contribution in [1.29, 1.82) is 0 Å². The smallest absolute Gasteiger partial charge is 0.234 e. The maximum absolute atomic E-state index is 11.4. The van der Waals surface area contributed by atoms with Crippen molar-refractivity contribution in [3.63, 3.8) is 0 Å². The molecule has 1 rings (SSSR count). The Balaban J connectivity index is 2.15. The summed E-state index contributed by atoms with van der Waals surface area (Å²) in [6.45, 7) is 0.896. The van der Waals surface area contributed by atoms with Gasteiger partial charge in [-0.25, -0.2) is 8.42 Å². The molecule has 0 heterocycles. The fourth-order valence-corrected chi connectivity index (χ4v) is 1.83. The van der Waals surface area contributed by atoms with Crippen molar-refractivity contribution in [2.75, 3.05) is 25.1 Å². The van der Waals surface area contributed by atoms with E-state index in [1.807, 2.05) is 30.3 Å². The Labute approximate surface area is 108 Å². The molecular weight excluding hydrogens is 252 g/mol. The highest BCUT2D eigenvalue weighted by atomic mass is 32.2. The predicted octanol–water partition coefficient (Wildman–Crippen LogP) is -0.0630. The van der Waals surface area contributed by atoms with E-state index in [1.165, 1.54) is 6.26 Å². The van der Waals surface area contributed by atoms with E-state index < -0.39 is 9.84 Å². The van der Waals surface area contributed by atoms with Gasteiger partial charge >= 0.3 is 0 Å². The van der Waals surface area contributed by atoms with Gasteiger partial charge in [-0.3, -0.25) is 4.79 Å². The molecule has 0 atom stereocenters. The molecule has 0 fully saturated rings. The maximum atomic E-state index is 11.4. The fourth-order valence-electron chi connectivity index (χ4n) is 1.32. The molecule has 100 valence electrons. The molecule has 0 bridgehead atoms. The second-order valence-electron chi connectivity index (χ2n) is 4.07. The Kier molecular flexibility index (Phi) is 5.80. The van der Waals surface area contributed by atoms with E-state index in [2.05, 4.69) is 10.6 Å². The van der Waals surface area contributed by atoms with E-state index in [0.29, 0.717) is 6.54 Å². The maximum Gasteiger partial charge on any atom is 0.234 e. The summed E-state index contributed by atoms with van der Waals surface area (Å²) < 4.78 is 21.7. The highest BCUT2D eigenvalue weighted by Crippen LogP contribution is 1.96. The first-order valence-corrected chi connectivity index (χ1v) is 7.72. The van der Waals surface area contributed by atoms with Crippen LogP contribution in [0.2, 0.25) is 0 Å². The number of carbonyl (C=O) groups excluding carboxylic acids is 1. The molecule has 2 N–H and O–H groups in total. The molecule has 0 aliphatic carbocycles. The van der Waals surface area contributed by atoms with Crippen molar-refractivity contribution >= 4 is 15.7 Å². The SMILES string of the molecule is CS(=O)(=O)CCNCC(=O)NCc1ccccc1. The average molecular weight is 270 g/mol. The van der Waals surface area contributed by atoms with Crippen LogP contribution in [0.1, 0.15) is 5.56 Å². The molecule has 18 heavy (non-hydrogen) atoms. The minimum absolute atomic E-state index is 0.0406. The van der Waals surface area contributed by atoms with Crippen molar-refractivity contribution in [3.8, 4) is 0 Å². The summed E-state index contributed by atoms with van der Waals surface area (Å²) in [6.07, 6.45) is 1.17. The van der Waals surface area contributed by atoms with Crippen LogP contribution in [0.5, 0.6) is 0 Å². The zero-order chi connectivity index (χ0) is 13.4. The molecule has 1 aromatic rings. The molecule has 1 aromatic carbocycles. The lowest BCUT2D eigenvalue weighted by Gasteiger charge is -2.06. The second kappa shape index (κ2) is 7.13. The minimum Gasteiger partial charge on any atom is -0.351 e. The van der Waals surface area contributed by atoms with Gasteiger partial charge in [-0.15, -0.1) is 0 Å². The molecule has 0 aromatic heterocycles. The topological polar surface area (TPSA) is 75.3 Å². The second-order valence-corrected chi connectivity index (χ2v) is 6.33. The first kappa shape index (κ1) is 14.7. The third-order valence-electron chi connectivity index (χ3n) is 2.27. The van der Waals surface area contributed by atoms with Crippen LogP contribution in [0.3, 0.4) is 0 Å². The molecule has 1 amide bonds. The standard InChI is InChI=1S/C12H18N2O3S/c1-18(16,17)8-7-13-10-12(15)14-9-11-5-3-2-4-6-11/h2-6,13H,7-10H2,1H3,(H,14,15). The lowest BCUT2D eigenvalue weighted by Crippen LogP contribution is -2.35. The van der Waals surface area contributed by atoms with E-state index >= 15 is 0 Å². The molecule has 0 spiro atoms. The molecule has 0 aliphatic rings. The van der Waals surface area contributed by atoms with Crippen molar-refractivity contribution in [3.05, 3.63) is 35.9 Å². The number of sulfone groups is 1. The minimum atomic E-state index is -2.97. The van der Waals surface area contributed by atoms with E-state index in [-0.39, 0.29) is 24.7 Å². The highest BCUT2D eigenvalue weighted by molar-refractivity contribution is 7.90. The number of rotatable bonds is 7. The molecular formula is C12H18N2O3S. The number of amides is 1. The lowest BCUT2D eigenvalue weighted by atomic mass is 10.2. The van der Waals surface area contributed by atoms with E-state index in [4.69, 9.17) is 0 Å². The third-order valence-corrected chi connectivity index (χ3v) is 3.21. The van der Waals surface area contributed by atoms with Gasteiger partial charge in [-0.1, -0.05) is 30.3 Å². The Bertz CT molecular complexity index is 471. The molecule has 5 nitrogen and oxygen atoms in total. The Morgan fingerprint density at radius 3 is 2.50 bits per heavy atom. The van der Waals surface area contributed by atoms with Crippen LogP contribution in [0.15, 0.2) is 30.3 Å². The molecule has 0 aliphatic heterocycles. The summed E-state index contributed by atoms with van der Waals surface area (Å²) >= 11 is 0. The van der Waals surface area contributed by atoms with Gasteiger partial charge in [0.2, 0.25) is 5.91 Å². The van der Waals surface area contributed by atoms with Crippen LogP contribution in [0.25, 0.3) is 0 Å². The zero-order valence-corrected chi connectivity index (χ0v) is 11.2. The van der Waals surface area contributed by atoms with E-state index in [1.54, 1.807) is 0 Å². The Hall–Kier alpha value is -1.40. The molecule has 6 heteroatoms. The molecule has 0 saturated carbocycles. The Morgan fingerprint density at radius 1 is 1.22 bits per heavy atom. The third kappa shape index (κ3) is 7.03. The number of nitrogens with one attached hydrogen (secondary N) is 2. The van der Waals surface area contributed by atoms with Crippen LogP contribution in [-0.2, 0) is 21.2 Å². The van der Waals surface area contributed by atoms with Gasteiger partial charge in [0, 0.05) is 19.3 Å². The van der Waals surface area contributed by atoms with Gasteiger partial charge in [0.25, 0.3) is 0 Å². The summed E-state index contributed by atoms with van der Waals surface area (Å²) in [4.78, 5) is 11.4. The summed E-state index contributed by atoms with van der Waals surface area (Å²) in [6, 6.07) is 9.59. The van der Waals surface area contributed by atoms with Gasteiger partial charge in [0.05, 0.1) is 12.3 Å². The van der Waals surface area contributed by atoms with Crippen LogP contribution >= 0.6 is 0 Å². The number of carbonyl (C=O) groups is 1. The summed E-state index contributed by atoms with van der Waals surface area (Å²) in [5, 5.41) is 5.53. The van der Waals surface area contributed by atoms with Crippen LogP contribution < -0.4 is 10.6 Å². The summed E-state index contributed by atoms with van der Waals surface area (Å²) in [5.74, 6) is -0.105. The van der Waals surface area contributed by atoms with Crippen molar-refractivity contribution in [2.45, 2.75) is 6.54 Å². The lowest BCUT2D eigenvalue weighted by molar-refractivity contribution is -0.120. The first-order valence-electron chi connectivity index (χ1n) is 5.66. The van der Waals surface area contributed by atoms with Gasteiger partial charge in [0.1, 0.15) is 9.84 Å². The average Bonchev–Trinajstić information content (AvgIpc) is 2.32. The molecule has 0 radical (unpaired) electrons. The van der Waals surface area contributed by atoms with Crippen LogP contribution in [0.4, 0.5) is 0 Å². The van der Waals surface area contributed by atoms with Gasteiger partial charge < -0.3 is 10.6 Å². The monoisotopic (exact) mass is 270 g/mol. The first-order chi connectivity index (χ1) is 8.47. The van der Waals surface area contributed by atoms with Crippen LogP contribution in [0, 0.1) is 0 Å².